The summed E-state index contributed by atoms with van der Waals surface area (Å²) in [5.74, 6) is -0.469. The summed E-state index contributed by atoms with van der Waals surface area (Å²) < 4.78 is 1.80. The van der Waals surface area contributed by atoms with Crippen LogP contribution in [0.25, 0.3) is 16.6 Å². The number of rotatable bonds is 4. The molecule has 4 N–H and O–H groups in total. The van der Waals surface area contributed by atoms with E-state index < -0.39 is 5.91 Å². The average molecular weight is 372 g/mol. The normalized spacial score (nSPS) is 16.8. The fourth-order valence-corrected chi connectivity index (χ4v) is 3.36. The van der Waals surface area contributed by atoms with Crippen LogP contribution in [0.4, 0.5) is 5.69 Å². The van der Waals surface area contributed by atoms with Gasteiger partial charge in [-0.15, -0.1) is 12.4 Å². The van der Waals surface area contributed by atoms with Gasteiger partial charge < -0.3 is 16.4 Å². The Morgan fingerprint density at radius 1 is 1.27 bits per heavy atom. The molecule has 0 saturated carbocycles. The molecule has 6 nitrogen and oxygen atoms in total. The largest absolute Gasteiger partial charge is 0.379 e. The molecule has 4 rings (SSSR count). The smallest absolute Gasteiger partial charge is 0.252 e. The van der Waals surface area contributed by atoms with Crippen molar-refractivity contribution < 1.29 is 4.79 Å². The molecule has 1 aliphatic heterocycles. The second-order valence-electron chi connectivity index (χ2n) is 6.41. The van der Waals surface area contributed by atoms with E-state index in [1.807, 2.05) is 30.5 Å². The molecular formula is C19H22ClN5O. The van der Waals surface area contributed by atoms with Crippen LogP contribution in [-0.2, 0) is 0 Å². The number of carbonyl (C=O) groups is 1. The first-order chi connectivity index (χ1) is 12.2. The van der Waals surface area contributed by atoms with Crippen LogP contribution in [0, 0.1) is 0 Å². The number of piperidine rings is 1. The van der Waals surface area contributed by atoms with Crippen LogP contribution in [0.5, 0.6) is 0 Å². The highest BCUT2D eigenvalue weighted by Gasteiger charge is 2.20. The van der Waals surface area contributed by atoms with Crippen molar-refractivity contribution in [2.75, 3.05) is 18.4 Å². The monoisotopic (exact) mass is 371 g/mol. The van der Waals surface area contributed by atoms with Crippen LogP contribution in [0.15, 0.2) is 48.8 Å². The third-order valence-corrected chi connectivity index (χ3v) is 4.66. The summed E-state index contributed by atoms with van der Waals surface area (Å²) >= 11 is 0. The fourth-order valence-electron chi connectivity index (χ4n) is 3.36. The highest BCUT2D eigenvalue weighted by atomic mass is 35.5. The van der Waals surface area contributed by atoms with Crippen molar-refractivity contribution in [3.8, 4) is 11.1 Å². The zero-order valence-corrected chi connectivity index (χ0v) is 15.1. The highest BCUT2D eigenvalue weighted by Crippen LogP contribution is 2.29. The number of hydrogen-bond donors (Lipinski definition) is 3. The standard InChI is InChI=1S/C19H21N5O.ClH/c20-19(25)16-11-22-24-12-14(13-5-2-1-3-6-13)9-17(24)18(16)23-15-7-4-8-21-10-15;/h1-3,5-6,9,11-12,15,21,23H,4,7-8,10H2,(H2,20,25);1H. The SMILES string of the molecule is Cl.NC(=O)c1cnn2cc(-c3ccccc3)cc2c1NC1CCCNC1. The summed E-state index contributed by atoms with van der Waals surface area (Å²) in [5, 5.41) is 11.3. The number of benzene rings is 1. The summed E-state index contributed by atoms with van der Waals surface area (Å²) in [7, 11) is 0. The lowest BCUT2D eigenvalue weighted by Gasteiger charge is -2.25. The summed E-state index contributed by atoms with van der Waals surface area (Å²) in [6.07, 6.45) is 5.69. The first-order valence-corrected chi connectivity index (χ1v) is 8.56. The van der Waals surface area contributed by atoms with Crippen molar-refractivity contribution in [3.05, 3.63) is 54.4 Å². The maximum absolute atomic E-state index is 11.9. The van der Waals surface area contributed by atoms with E-state index in [1.165, 1.54) is 0 Å². The number of fused-ring (bicyclic) bond motifs is 1. The Morgan fingerprint density at radius 2 is 2.08 bits per heavy atom. The molecule has 7 heteroatoms. The topological polar surface area (TPSA) is 84.5 Å². The molecule has 3 aromatic rings. The second kappa shape index (κ2) is 7.76. The van der Waals surface area contributed by atoms with Gasteiger partial charge in [0.05, 0.1) is 23.0 Å². The van der Waals surface area contributed by atoms with Gasteiger partial charge in [0.2, 0.25) is 0 Å². The van der Waals surface area contributed by atoms with E-state index in [-0.39, 0.29) is 18.4 Å². The third kappa shape index (κ3) is 3.52. The number of aromatic nitrogens is 2. The first-order valence-electron chi connectivity index (χ1n) is 8.56. The number of nitrogens with one attached hydrogen (secondary N) is 2. The maximum Gasteiger partial charge on any atom is 0.252 e. The molecule has 1 aromatic carbocycles. The number of halogens is 1. The van der Waals surface area contributed by atoms with Gasteiger partial charge in [0, 0.05) is 24.3 Å². The van der Waals surface area contributed by atoms with Crippen LogP contribution in [0.1, 0.15) is 23.2 Å². The van der Waals surface area contributed by atoms with Gasteiger partial charge in [0.15, 0.2) is 0 Å². The minimum Gasteiger partial charge on any atom is -0.379 e. The van der Waals surface area contributed by atoms with Crippen molar-refractivity contribution in [2.45, 2.75) is 18.9 Å². The Bertz CT molecular complexity index is 903. The molecule has 3 heterocycles. The quantitative estimate of drug-likeness (QED) is 0.658. The molecule has 136 valence electrons. The molecule has 0 spiro atoms. The average Bonchev–Trinajstić information content (AvgIpc) is 3.08. The van der Waals surface area contributed by atoms with E-state index in [0.717, 1.165) is 48.3 Å². The molecule has 26 heavy (non-hydrogen) atoms. The summed E-state index contributed by atoms with van der Waals surface area (Å²) in [4.78, 5) is 11.9. The minimum atomic E-state index is -0.469. The van der Waals surface area contributed by atoms with Gasteiger partial charge in [-0.1, -0.05) is 30.3 Å². The Hall–Kier alpha value is -2.57. The summed E-state index contributed by atoms with van der Waals surface area (Å²) in [6, 6.07) is 12.4. The summed E-state index contributed by atoms with van der Waals surface area (Å²) in [6.45, 7) is 1.91. The molecule has 1 saturated heterocycles. The van der Waals surface area contributed by atoms with Crippen molar-refractivity contribution in [2.24, 2.45) is 5.73 Å². The highest BCUT2D eigenvalue weighted by molar-refractivity contribution is 6.02. The Balaban J connectivity index is 0.00000196. The molecule has 1 unspecified atom stereocenters. The van der Waals surface area contributed by atoms with Gasteiger partial charge in [-0.25, -0.2) is 4.52 Å². The zero-order chi connectivity index (χ0) is 17.2. The van der Waals surface area contributed by atoms with Crippen LogP contribution < -0.4 is 16.4 Å². The van der Waals surface area contributed by atoms with E-state index in [9.17, 15) is 4.79 Å². The molecule has 1 fully saturated rings. The van der Waals surface area contributed by atoms with E-state index >= 15 is 0 Å². The molecule has 1 atom stereocenters. The van der Waals surface area contributed by atoms with Gasteiger partial charge in [0.1, 0.15) is 0 Å². The number of hydrogen-bond acceptors (Lipinski definition) is 4. The summed E-state index contributed by atoms with van der Waals surface area (Å²) in [5.41, 5.74) is 9.80. The van der Waals surface area contributed by atoms with Crippen molar-refractivity contribution in [1.29, 1.82) is 0 Å². The zero-order valence-electron chi connectivity index (χ0n) is 14.3. The molecular weight excluding hydrogens is 350 g/mol. The fraction of sp³-hybridized carbons (Fsp3) is 0.263. The predicted octanol–water partition coefficient (Wildman–Crippen LogP) is 2.69. The molecule has 0 radical (unpaired) electrons. The molecule has 1 aliphatic rings. The van der Waals surface area contributed by atoms with Crippen LogP contribution in [0.2, 0.25) is 0 Å². The lowest BCUT2D eigenvalue weighted by molar-refractivity contribution is 0.100. The molecule has 1 amide bonds. The van der Waals surface area contributed by atoms with Gasteiger partial charge in [0.25, 0.3) is 5.91 Å². The number of carbonyl (C=O) groups excluding carboxylic acids is 1. The lowest BCUT2D eigenvalue weighted by atomic mass is 10.1. The van der Waals surface area contributed by atoms with E-state index in [1.54, 1.807) is 10.7 Å². The van der Waals surface area contributed by atoms with Crippen molar-refractivity contribution >= 4 is 29.5 Å². The van der Waals surface area contributed by atoms with Crippen molar-refractivity contribution in [1.82, 2.24) is 14.9 Å². The predicted molar refractivity (Wildman–Crippen MR) is 106 cm³/mol. The van der Waals surface area contributed by atoms with Gasteiger partial charge in [-0.3, -0.25) is 4.79 Å². The lowest BCUT2D eigenvalue weighted by Crippen LogP contribution is -2.39. The number of primary amides is 1. The Labute approximate surface area is 158 Å². The van der Waals surface area contributed by atoms with E-state index in [2.05, 4.69) is 27.9 Å². The van der Waals surface area contributed by atoms with Crippen LogP contribution >= 0.6 is 12.4 Å². The van der Waals surface area contributed by atoms with E-state index in [4.69, 9.17) is 5.73 Å². The first kappa shape index (κ1) is 18.2. The van der Waals surface area contributed by atoms with Gasteiger partial charge >= 0.3 is 0 Å². The maximum atomic E-state index is 11.9. The number of amides is 1. The minimum absolute atomic E-state index is 0. The Kier molecular flexibility index (Phi) is 5.44. The number of nitrogens with zero attached hydrogens (tertiary/aromatic N) is 2. The third-order valence-electron chi connectivity index (χ3n) is 4.66. The molecule has 0 bridgehead atoms. The molecule has 2 aromatic heterocycles. The van der Waals surface area contributed by atoms with Crippen LogP contribution in [-0.4, -0.2) is 34.7 Å². The number of anilines is 1. The van der Waals surface area contributed by atoms with Crippen LogP contribution in [0.3, 0.4) is 0 Å². The number of nitrogens with two attached hydrogens (primary N) is 1. The van der Waals surface area contributed by atoms with E-state index in [0.29, 0.717) is 5.56 Å². The Morgan fingerprint density at radius 3 is 2.77 bits per heavy atom. The van der Waals surface area contributed by atoms with Gasteiger partial charge in [-0.2, -0.15) is 5.10 Å². The van der Waals surface area contributed by atoms with Crippen molar-refractivity contribution in [3.63, 3.8) is 0 Å². The molecule has 0 aliphatic carbocycles. The van der Waals surface area contributed by atoms with Gasteiger partial charge in [-0.05, 0) is 31.0 Å². The second-order valence-corrected chi connectivity index (χ2v) is 6.41.